The standard InChI is InChI=1S/C15H26N4O/c1-2-16-11-15(4-3-9-20-13-15)12-18-7-8-19-6-5-17-14(19)10-18/h5-6,16H,2-4,7-13H2,1H3. The van der Waals surface area contributed by atoms with Crippen molar-refractivity contribution in [3.05, 3.63) is 18.2 Å². The molecule has 0 spiro atoms. The Balaban J connectivity index is 1.64. The summed E-state index contributed by atoms with van der Waals surface area (Å²) in [7, 11) is 0. The maximum atomic E-state index is 5.79. The van der Waals surface area contributed by atoms with Gasteiger partial charge in [0.2, 0.25) is 0 Å². The second-order valence-corrected chi connectivity index (χ2v) is 6.18. The lowest BCUT2D eigenvalue weighted by Gasteiger charge is -2.42. The molecule has 0 saturated carbocycles. The van der Waals surface area contributed by atoms with E-state index in [2.05, 4.69) is 32.9 Å². The molecular formula is C15H26N4O. The number of ether oxygens (including phenoxy) is 1. The molecule has 0 amide bonds. The van der Waals surface area contributed by atoms with Crippen LogP contribution in [0, 0.1) is 5.41 Å². The second-order valence-electron chi connectivity index (χ2n) is 6.18. The number of nitrogens with zero attached hydrogens (tertiary/aromatic N) is 3. The van der Waals surface area contributed by atoms with Crippen molar-refractivity contribution in [2.24, 2.45) is 5.41 Å². The van der Waals surface area contributed by atoms with Crippen molar-refractivity contribution in [1.82, 2.24) is 19.8 Å². The number of rotatable bonds is 5. The predicted molar refractivity (Wildman–Crippen MR) is 78.5 cm³/mol. The zero-order valence-corrected chi connectivity index (χ0v) is 12.5. The van der Waals surface area contributed by atoms with Crippen molar-refractivity contribution in [3.63, 3.8) is 0 Å². The molecule has 0 aliphatic carbocycles. The highest BCUT2D eigenvalue weighted by atomic mass is 16.5. The fourth-order valence-corrected chi connectivity index (χ4v) is 3.45. The number of hydrogen-bond donors (Lipinski definition) is 1. The van der Waals surface area contributed by atoms with Gasteiger partial charge in [0, 0.05) is 50.6 Å². The molecule has 20 heavy (non-hydrogen) atoms. The van der Waals surface area contributed by atoms with Gasteiger partial charge in [0.05, 0.1) is 13.2 Å². The molecule has 1 unspecified atom stereocenters. The third kappa shape index (κ3) is 3.05. The topological polar surface area (TPSA) is 42.3 Å². The first-order valence-electron chi connectivity index (χ1n) is 7.82. The lowest BCUT2D eigenvalue weighted by atomic mass is 9.81. The van der Waals surface area contributed by atoms with E-state index in [-0.39, 0.29) is 5.41 Å². The molecule has 0 aromatic carbocycles. The molecule has 1 aromatic rings. The third-order valence-corrected chi connectivity index (χ3v) is 4.54. The van der Waals surface area contributed by atoms with E-state index in [9.17, 15) is 0 Å². The molecule has 1 atom stereocenters. The molecule has 1 aromatic heterocycles. The van der Waals surface area contributed by atoms with Crippen LogP contribution in [0.15, 0.2) is 12.4 Å². The summed E-state index contributed by atoms with van der Waals surface area (Å²) in [6.07, 6.45) is 6.46. The third-order valence-electron chi connectivity index (χ3n) is 4.54. The Bertz CT molecular complexity index is 425. The van der Waals surface area contributed by atoms with Crippen molar-refractivity contribution in [2.75, 3.05) is 39.4 Å². The molecular weight excluding hydrogens is 252 g/mol. The van der Waals surface area contributed by atoms with Crippen molar-refractivity contribution in [1.29, 1.82) is 0 Å². The first-order valence-corrected chi connectivity index (χ1v) is 7.82. The second kappa shape index (κ2) is 6.24. The predicted octanol–water partition coefficient (Wildman–Crippen LogP) is 1.10. The Labute approximate surface area is 121 Å². The van der Waals surface area contributed by atoms with Crippen molar-refractivity contribution < 1.29 is 4.74 Å². The zero-order valence-electron chi connectivity index (χ0n) is 12.5. The van der Waals surface area contributed by atoms with Crippen LogP contribution in [0.2, 0.25) is 0 Å². The molecule has 5 nitrogen and oxygen atoms in total. The number of aromatic nitrogens is 2. The van der Waals surface area contributed by atoms with Crippen LogP contribution >= 0.6 is 0 Å². The summed E-state index contributed by atoms with van der Waals surface area (Å²) in [5.41, 5.74) is 0.281. The number of imidazole rings is 1. The van der Waals surface area contributed by atoms with Crippen LogP contribution in [-0.2, 0) is 17.8 Å². The van der Waals surface area contributed by atoms with E-state index in [0.717, 1.165) is 52.5 Å². The molecule has 2 aliphatic rings. The molecule has 112 valence electrons. The smallest absolute Gasteiger partial charge is 0.122 e. The van der Waals surface area contributed by atoms with E-state index in [1.165, 1.54) is 18.7 Å². The normalized spacial score (nSPS) is 27.4. The summed E-state index contributed by atoms with van der Waals surface area (Å²) in [5.74, 6) is 1.20. The van der Waals surface area contributed by atoms with E-state index in [1.807, 2.05) is 6.20 Å². The fourth-order valence-electron chi connectivity index (χ4n) is 3.45. The van der Waals surface area contributed by atoms with Gasteiger partial charge in [-0.2, -0.15) is 0 Å². The molecule has 0 bridgehead atoms. The highest BCUT2D eigenvalue weighted by Crippen LogP contribution is 2.30. The average molecular weight is 278 g/mol. The number of hydrogen-bond acceptors (Lipinski definition) is 4. The van der Waals surface area contributed by atoms with Gasteiger partial charge >= 0.3 is 0 Å². The summed E-state index contributed by atoms with van der Waals surface area (Å²) < 4.78 is 8.06. The van der Waals surface area contributed by atoms with Crippen molar-refractivity contribution >= 4 is 0 Å². The first-order chi connectivity index (χ1) is 9.81. The molecule has 3 rings (SSSR count). The van der Waals surface area contributed by atoms with E-state index >= 15 is 0 Å². The van der Waals surface area contributed by atoms with Gasteiger partial charge in [-0.15, -0.1) is 0 Å². The van der Waals surface area contributed by atoms with Gasteiger partial charge < -0.3 is 14.6 Å². The number of nitrogens with one attached hydrogen (secondary N) is 1. The van der Waals surface area contributed by atoms with Gasteiger partial charge in [-0.25, -0.2) is 4.98 Å². The van der Waals surface area contributed by atoms with Crippen LogP contribution in [-0.4, -0.2) is 53.8 Å². The van der Waals surface area contributed by atoms with Crippen LogP contribution in [0.1, 0.15) is 25.6 Å². The number of fused-ring (bicyclic) bond motifs is 1. The molecule has 2 aliphatic heterocycles. The van der Waals surface area contributed by atoms with E-state index in [1.54, 1.807) is 0 Å². The minimum atomic E-state index is 0.281. The Kier molecular flexibility index (Phi) is 4.38. The van der Waals surface area contributed by atoms with Crippen molar-refractivity contribution in [2.45, 2.75) is 32.9 Å². The Morgan fingerprint density at radius 1 is 1.45 bits per heavy atom. The minimum Gasteiger partial charge on any atom is -0.381 e. The van der Waals surface area contributed by atoms with E-state index in [0.29, 0.717) is 0 Å². The van der Waals surface area contributed by atoms with E-state index < -0.39 is 0 Å². The van der Waals surface area contributed by atoms with Gasteiger partial charge in [-0.1, -0.05) is 6.92 Å². The summed E-state index contributed by atoms with van der Waals surface area (Å²) in [6.45, 7) is 10.4. The lowest BCUT2D eigenvalue weighted by molar-refractivity contribution is -0.0300. The molecule has 1 saturated heterocycles. The van der Waals surface area contributed by atoms with Crippen molar-refractivity contribution in [3.8, 4) is 0 Å². The first kappa shape index (κ1) is 14.0. The molecule has 1 N–H and O–H groups in total. The molecule has 0 radical (unpaired) electrons. The fraction of sp³-hybridized carbons (Fsp3) is 0.800. The molecule has 1 fully saturated rings. The Hall–Kier alpha value is -0.910. The highest BCUT2D eigenvalue weighted by molar-refractivity contribution is 4.97. The summed E-state index contributed by atoms with van der Waals surface area (Å²) in [6, 6.07) is 0. The Morgan fingerprint density at radius 2 is 2.40 bits per heavy atom. The van der Waals surface area contributed by atoms with Crippen LogP contribution in [0.3, 0.4) is 0 Å². The lowest BCUT2D eigenvalue weighted by Crippen LogP contribution is -2.50. The van der Waals surface area contributed by atoms with Gasteiger partial charge in [-0.05, 0) is 19.4 Å². The van der Waals surface area contributed by atoms with Crippen LogP contribution in [0.5, 0.6) is 0 Å². The molecule has 3 heterocycles. The van der Waals surface area contributed by atoms with Gasteiger partial charge in [0.25, 0.3) is 0 Å². The summed E-state index contributed by atoms with van der Waals surface area (Å²) >= 11 is 0. The monoisotopic (exact) mass is 278 g/mol. The summed E-state index contributed by atoms with van der Waals surface area (Å²) in [5, 5.41) is 3.54. The molecule has 5 heteroatoms. The summed E-state index contributed by atoms with van der Waals surface area (Å²) in [4.78, 5) is 7.01. The van der Waals surface area contributed by atoms with Gasteiger partial charge in [-0.3, -0.25) is 4.90 Å². The SMILES string of the molecule is CCNCC1(CN2CCn3ccnc3C2)CCCOC1. The van der Waals surface area contributed by atoms with Crippen LogP contribution in [0.25, 0.3) is 0 Å². The largest absolute Gasteiger partial charge is 0.381 e. The minimum absolute atomic E-state index is 0.281. The van der Waals surface area contributed by atoms with Gasteiger partial charge in [0.1, 0.15) is 5.82 Å². The zero-order chi connectivity index (χ0) is 13.8. The van der Waals surface area contributed by atoms with Crippen LogP contribution < -0.4 is 5.32 Å². The average Bonchev–Trinajstić information content (AvgIpc) is 2.94. The Morgan fingerprint density at radius 3 is 3.20 bits per heavy atom. The van der Waals surface area contributed by atoms with E-state index in [4.69, 9.17) is 4.74 Å². The van der Waals surface area contributed by atoms with Crippen LogP contribution in [0.4, 0.5) is 0 Å². The maximum Gasteiger partial charge on any atom is 0.122 e. The van der Waals surface area contributed by atoms with Gasteiger partial charge in [0.15, 0.2) is 0 Å². The highest BCUT2D eigenvalue weighted by Gasteiger charge is 2.35. The quantitative estimate of drug-likeness (QED) is 0.876. The maximum absolute atomic E-state index is 5.79.